The van der Waals surface area contributed by atoms with Gasteiger partial charge in [0.1, 0.15) is 11.5 Å². The van der Waals surface area contributed by atoms with Crippen LogP contribution in [0.5, 0.6) is 11.5 Å². The Hall–Kier alpha value is -2.74. The van der Waals surface area contributed by atoms with Crippen molar-refractivity contribution >= 4 is 0 Å². The minimum Gasteiger partial charge on any atom is -0.507 e. The van der Waals surface area contributed by atoms with Crippen LogP contribution < -0.4 is 0 Å². The molecule has 3 aromatic rings. The number of aromatic hydroxyl groups is 2. The average molecular weight is 443 g/mol. The van der Waals surface area contributed by atoms with Gasteiger partial charge in [0.2, 0.25) is 0 Å². The summed E-state index contributed by atoms with van der Waals surface area (Å²) in [7, 11) is 0. The molecule has 0 radical (unpaired) electrons. The Labute approximate surface area is 199 Å². The summed E-state index contributed by atoms with van der Waals surface area (Å²) in [6, 6.07) is 13.1. The second kappa shape index (κ2) is 9.63. The Bertz CT molecular complexity index is 1040. The van der Waals surface area contributed by atoms with E-state index in [0.29, 0.717) is 23.8 Å². The zero-order chi connectivity index (χ0) is 23.7. The van der Waals surface area contributed by atoms with E-state index in [-0.39, 0.29) is 0 Å². The lowest BCUT2D eigenvalue weighted by Crippen LogP contribution is -2.07. The van der Waals surface area contributed by atoms with Gasteiger partial charge in [-0.2, -0.15) is 0 Å². The summed E-state index contributed by atoms with van der Waals surface area (Å²) in [6.07, 6.45) is 7.82. The second-order valence-electron chi connectivity index (χ2n) is 10.3. The molecule has 0 saturated heterocycles. The summed E-state index contributed by atoms with van der Waals surface area (Å²) in [6.45, 7) is 10.4. The van der Waals surface area contributed by atoms with Crippen LogP contribution in [0.2, 0.25) is 0 Å². The van der Waals surface area contributed by atoms with Crippen LogP contribution in [-0.2, 0) is 12.8 Å². The maximum absolute atomic E-state index is 11.4. The van der Waals surface area contributed by atoms with Gasteiger partial charge < -0.3 is 10.2 Å². The fraction of sp³-hybridized carbons (Fsp3) is 0.419. The molecule has 2 nitrogen and oxygen atoms in total. The zero-order valence-electron chi connectivity index (χ0n) is 20.9. The van der Waals surface area contributed by atoms with E-state index in [9.17, 15) is 10.2 Å². The molecule has 2 heteroatoms. The lowest BCUT2D eigenvalue weighted by molar-refractivity contribution is 0.439. The number of rotatable bonds is 5. The first kappa shape index (κ1) is 23.4. The molecule has 0 bridgehead atoms. The van der Waals surface area contributed by atoms with Crippen LogP contribution in [0.3, 0.4) is 0 Å². The molecule has 1 aliphatic rings. The summed E-state index contributed by atoms with van der Waals surface area (Å²) < 4.78 is 0. The lowest BCUT2D eigenvalue weighted by Gasteiger charge is -2.24. The molecule has 2 N–H and O–H groups in total. The molecule has 1 aliphatic carbocycles. The smallest absolute Gasteiger partial charge is 0.122 e. The molecule has 1 saturated carbocycles. The minimum atomic E-state index is 0.365. The summed E-state index contributed by atoms with van der Waals surface area (Å²) in [5, 5.41) is 21.6. The van der Waals surface area contributed by atoms with Gasteiger partial charge in [0.05, 0.1) is 0 Å². The topological polar surface area (TPSA) is 40.5 Å². The summed E-state index contributed by atoms with van der Waals surface area (Å²) >= 11 is 0. The molecule has 3 aromatic carbocycles. The highest BCUT2D eigenvalue weighted by molar-refractivity contribution is 5.51. The number of aryl methyl sites for hydroxylation is 4. The number of benzene rings is 3. The molecule has 33 heavy (non-hydrogen) atoms. The van der Waals surface area contributed by atoms with Crippen molar-refractivity contribution in [2.75, 3.05) is 0 Å². The van der Waals surface area contributed by atoms with Crippen molar-refractivity contribution in [2.45, 2.75) is 85.5 Å². The SMILES string of the molecule is Cc1cc(Cc2cc(C3CCCCC3)cc(Cc3cc(C)c(O)c(C)c3)c2O)cc(C)c1C. The van der Waals surface area contributed by atoms with E-state index in [1.165, 1.54) is 59.9 Å². The van der Waals surface area contributed by atoms with Crippen LogP contribution >= 0.6 is 0 Å². The van der Waals surface area contributed by atoms with Gasteiger partial charge in [-0.05, 0) is 109 Å². The highest BCUT2D eigenvalue weighted by Gasteiger charge is 2.20. The van der Waals surface area contributed by atoms with Crippen LogP contribution in [0.1, 0.15) is 93.7 Å². The summed E-state index contributed by atoms with van der Waals surface area (Å²) in [5.41, 5.74) is 11.5. The van der Waals surface area contributed by atoms with E-state index in [1.54, 1.807) is 0 Å². The van der Waals surface area contributed by atoms with Crippen molar-refractivity contribution in [1.82, 2.24) is 0 Å². The van der Waals surface area contributed by atoms with E-state index >= 15 is 0 Å². The Morgan fingerprint density at radius 3 is 1.55 bits per heavy atom. The van der Waals surface area contributed by atoms with E-state index in [4.69, 9.17) is 0 Å². The Kier molecular flexibility index (Phi) is 6.83. The van der Waals surface area contributed by atoms with E-state index in [2.05, 4.69) is 45.0 Å². The molecule has 0 atom stereocenters. The minimum absolute atomic E-state index is 0.365. The van der Waals surface area contributed by atoms with Crippen LogP contribution in [-0.4, -0.2) is 10.2 Å². The predicted octanol–water partition coefficient (Wildman–Crippen LogP) is 7.87. The number of phenolic OH excluding ortho intramolecular Hbond substituents is 2. The quantitative estimate of drug-likeness (QED) is 0.422. The third kappa shape index (κ3) is 5.11. The monoisotopic (exact) mass is 442 g/mol. The van der Waals surface area contributed by atoms with Crippen molar-refractivity contribution in [3.63, 3.8) is 0 Å². The normalized spacial score (nSPS) is 14.6. The van der Waals surface area contributed by atoms with E-state index < -0.39 is 0 Å². The molecule has 0 unspecified atom stereocenters. The van der Waals surface area contributed by atoms with Crippen LogP contribution in [0.25, 0.3) is 0 Å². The molecule has 0 amide bonds. The highest BCUT2D eigenvalue weighted by Crippen LogP contribution is 2.38. The summed E-state index contributed by atoms with van der Waals surface area (Å²) in [5.74, 6) is 1.38. The van der Waals surface area contributed by atoms with Gasteiger partial charge in [-0.25, -0.2) is 0 Å². The molecular weight excluding hydrogens is 404 g/mol. The number of phenols is 2. The van der Waals surface area contributed by atoms with Gasteiger partial charge in [0.25, 0.3) is 0 Å². The van der Waals surface area contributed by atoms with Crippen molar-refractivity contribution in [3.05, 3.63) is 92.0 Å². The number of hydrogen-bond acceptors (Lipinski definition) is 2. The van der Waals surface area contributed by atoms with E-state index in [1.807, 2.05) is 26.0 Å². The molecule has 0 aromatic heterocycles. The van der Waals surface area contributed by atoms with Crippen molar-refractivity contribution in [1.29, 1.82) is 0 Å². The predicted molar refractivity (Wildman–Crippen MR) is 138 cm³/mol. The van der Waals surface area contributed by atoms with Gasteiger partial charge in [-0.15, -0.1) is 0 Å². The Morgan fingerprint density at radius 1 is 0.606 bits per heavy atom. The van der Waals surface area contributed by atoms with Crippen LogP contribution in [0.15, 0.2) is 36.4 Å². The molecule has 0 aliphatic heterocycles. The molecule has 0 heterocycles. The first-order chi connectivity index (χ1) is 15.7. The third-order valence-corrected chi connectivity index (χ3v) is 7.69. The van der Waals surface area contributed by atoms with Gasteiger partial charge >= 0.3 is 0 Å². The van der Waals surface area contributed by atoms with Gasteiger partial charge in [-0.3, -0.25) is 0 Å². The first-order valence-electron chi connectivity index (χ1n) is 12.4. The Balaban J connectivity index is 1.75. The lowest BCUT2D eigenvalue weighted by atomic mass is 9.81. The molecular formula is C31H38O2. The van der Waals surface area contributed by atoms with Gasteiger partial charge in [0, 0.05) is 12.8 Å². The maximum atomic E-state index is 11.4. The van der Waals surface area contributed by atoms with Crippen molar-refractivity contribution < 1.29 is 10.2 Å². The Morgan fingerprint density at radius 2 is 1.06 bits per heavy atom. The largest absolute Gasteiger partial charge is 0.507 e. The fourth-order valence-corrected chi connectivity index (χ4v) is 5.54. The highest BCUT2D eigenvalue weighted by atomic mass is 16.3. The second-order valence-corrected chi connectivity index (χ2v) is 10.3. The molecule has 4 rings (SSSR count). The third-order valence-electron chi connectivity index (χ3n) is 7.69. The molecule has 0 spiro atoms. The average Bonchev–Trinajstić information content (AvgIpc) is 2.79. The number of hydrogen-bond donors (Lipinski definition) is 2. The fourth-order valence-electron chi connectivity index (χ4n) is 5.54. The first-order valence-corrected chi connectivity index (χ1v) is 12.4. The van der Waals surface area contributed by atoms with Gasteiger partial charge in [-0.1, -0.05) is 55.7 Å². The zero-order valence-corrected chi connectivity index (χ0v) is 20.9. The molecule has 174 valence electrons. The van der Waals surface area contributed by atoms with Crippen molar-refractivity contribution in [3.8, 4) is 11.5 Å². The maximum Gasteiger partial charge on any atom is 0.122 e. The van der Waals surface area contributed by atoms with Crippen LogP contribution in [0.4, 0.5) is 0 Å². The van der Waals surface area contributed by atoms with Crippen molar-refractivity contribution in [2.24, 2.45) is 0 Å². The standard InChI is InChI=1S/C31H38O2/c1-19-11-24(12-20(2)23(19)5)15-28-17-27(26-9-7-6-8-10-26)18-29(31(28)33)16-25-13-21(3)30(32)22(4)14-25/h11-14,17-18,26,32-33H,6-10,15-16H2,1-5H3. The van der Waals surface area contributed by atoms with E-state index in [0.717, 1.165) is 34.2 Å². The van der Waals surface area contributed by atoms with Gasteiger partial charge in [0.15, 0.2) is 0 Å². The van der Waals surface area contributed by atoms with Crippen LogP contribution in [0, 0.1) is 34.6 Å². The summed E-state index contributed by atoms with van der Waals surface area (Å²) in [4.78, 5) is 0. The molecule has 1 fully saturated rings.